The van der Waals surface area contributed by atoms with Crippen LogP contribution in [0.1, 0.15) is 130 Å². The largest absolute Gasteiger partial charge is 0.494 e. The molecule has 0 radical (unpaired) electrons. The summed E-state index contributed by atoms with van der Waals surface area (Å²) in [6.07, 6.45) is -11.6. The fourth-order valence-corrected chi connectivity index (χ4v) is 11.8. The number of rotatable bonds is 20. The molecule has 3 fully saturated rings. The van der Waals surface area contributed by atoms with Gasteiger partial charge >= 0.3 is 11.9 Å². The van der Waals surface area contributed by atoms with Crippen LogP contribution < -0.4 is 14.2 Å². The molecule has 508 valence electrons. The predicted octanol–water partition coefficient (Wildman–Crippen LogP) is 9.37. The van der Waals surface area contributed by atoms with Crippen molar-refractivity contribution < 1.29 is 93.4 Å². The van der Waals surface area contributed by atoms with Crippen LogP contribution in [0.25, 0.3) is 0 Å². The normalized spacial score (nSPS) is 25.7. The number of esters is 2. The molecule has 22 heteroatoms. The summed E-state index contributed by atoms with van der Waals surface area (Å²) >= 11 is 19.2. The molecule has 0 aromatic heterocycles. The number of hydrogen-bond acceptors (Lipinski definition) is 19. The fraction of sp³-hybridized carbons (Fsp3) is 0.465. The van der Waals surface area contributed by atoms with Gasteiger partial charge < -0.3 is 83.9 Å². The lowest BCUT2D eigenvalue weighted by molar-refractivity contribution is -0.231. The second kappa shape index (κ2) is 37.4. The number of carbonyl (C=O) groups excluding carboxylic acids is 2. The number of benzene rings is 6. The van der Waals surface area contributed by atoms with Crippen LogP contribution in [-0.4, -0.2) is 165 Å². The molecule has 3 aliphatic heterocycles. The summed E-state index contributed by atoms with van der Waals surface area (Å²) in [4.78, 5) is 23.8. The lowest BCUT2D eigenvalue weighted by atomic mass is 9.84. The Balaban J connectivity index is 0.000000218. The van der Waals surface area contributed by atoms with Crippen molar-refractivity contribution in [2.45, 2.75) is 167 Å². The van der Waals surface area contributed by atoms with Gasteiger partial charge in [0.25, 0.3) is 0 Å². The maximum absolute atomic E-state index is 12.0. The average molecular weight is 1350 g/mol. The summed E-state index contributed by atoms with van der Waals surface area (Å²) in [6, 6.07) is 39.5. The van der Waals surface area contributed by atoms with E-state index >= 15 is 0 Å². The Hall–Kier alpha value is -5.95. The first kappa shape index (κ1) is 76.1. The molecular weight excluding hydrogens is 1260 g/mol. The molecule has 3 aliphatic rings. The molecule has 9 rings (SSSR count). The molecule has 9 N–H and O–H groups in total. The fourth-order valence-electron chi connectivity index (χ4n) is 11.2. The van der Waals surface area contributed by atoms with Crippen molar-refractivity contribution >= 4 is 46.7 Å². The highest BCUT2D eigenvalue weighted by Gasteiger charge is 2.49. The van der Waals surface area contributed by atoms with Crippen LogP contribution >= 0.6 is 34.8 Å². The van der Waals surface area contributed by atoms with Crippen molar-refractivity contribution in [3.63, 3.8) is 0 Å². The van der Waals surface area contributed by atoms with Gasteiger partial charge in [-0.1, -0.05) is 121 Å². The molecule has 0 spiro atoms. The Morgan fingerprint density at radius 3 is 1.01 bits per heavy atom. The monoisotopic (exact) mass is 1350 g/mol. The highest BCUT2D eigenvalue weighted by Crippen LogP contribution is 2.42. The van der Waals surface area contributed by atoms with Gasteiger partial charge in [0.05, 0.1) is 39.1 Å². The maximum atomic E-state index is 12.0. The molecule has 3 heterocycles. The Bertz CT molecular complexity index is 3110. The predicted molar refractivity (Wildman–Crippen MR) is 352 cm³/mol. The van der Waals surface area contributed by atoms with Crippen LogP contribution in [0.2, 0.25) is 15.1 Å². The van der Waals surface area contributed by atoms with Crippen molar-refractivity contribution in [1.29, 1.82) is 0 Å². The molecule has 0 unspecified atom stereocenters. The van der Waals surface area contributed by atoms with Crippen LogP contribution in [0.5, 0.6) is 17.2 Å². The van der Waals surface area contributed by atoms with Gasteiger partial charge in [-0.15, -0.1) is 0 Å². The third kappa shape index (κ3) is 21.0. The number of aliphatic hydroxyl groups is 9. The minimum Gasteiger partial charge on any atom is -0.494 e. The zero-order valence-electron chi connectivity index (χ0n) is 53.6. The van der Waals surface area contributed by atoms with Gasteiger partial charge in [0.2, 0.25) is 0 Å². The molecule has 93 heavy (non-hydrogen) atoms. The summed E-state index contributed by atoms with van der Waals surface area (Å²) in [5.74, 6) is 1.41. The summed E-state index contributed by atoms with van der Waals surface area (Å²) in [7, 11) is 0. The van der Waals surface area contributed by atoms with E-state index in [4.69, 9.17) is 77.8 Å². The standard InChI is InChI=1S/C27H33ClO6.2C21H25ClO6.C2H6O/c1-6-24-16(3)25(32-17(4)29)27(33-18(5)30)26(34-24)20-10-13-23(28)21(15-20)14-19-8-11-22(12-9-19)31-7-2;2*1-2-27-15-6-3-12(4-7-15)9-14-10-13(5-8-16(14)22)21-20(26)19(25)18(24)17(11-23)28-21;1-2-3/h8-13,15-16,24-27H,6-7,14H2,1-5H3;2*3-8,10,17-21,23-26H,2,9,11H2,1H3;3H,2H2,1H3/t16-,24-,25+,26+,27-;2*17-,18-,19+,20-,21+;/m111./s1. The van der Waals surface area contributed by atoms with E-state index in [9.17, 15) is 50.4 Å². The highest BCUT2D eigenvalue weighted by molar-refractivity contribution is 6.32. The van der Waals surface area contributed by atoms with Gasteiger partial charge in [0.1, 0.15) is 90.5 Å². The van der Waals surface area contributed by atoms with Gasteiger partial charge in [-0.25, -0.2) is 0 Å². The van der Waals surface area contributed by atoms with Crippen molar-refractivity contribution in [3.8, 4) is 17.2 Å². The zero-order valence-corrected chi connectivity index (χ0v) is 55.9. The van der Waals surface area contributed by atoms with Crippen LogP contribution in [0, 0.1) is 5.92 Å². The van der Waals surface area contributed by atoms with E-state index in [2.05, 4.69) is 0 Å². The Labute approximate surface area is 559 Å². The van der Waals surface area contributed by atoms with Gasteiger partial charge in [-0.05, 0) is 158 Å². The first-order valence-corrected chi connectivity index (χ1v) is 32.4. The molecule has 0 amide bonds. The molecular formula is C71H89Cl3O19. The first-order chi connectivity index (χ1) is 44.5. The number of carbonyl (C=O) groups is 2. The summed E-state index contributed by atoms with van der Waals surface area (Å²) in [5.41, 5.74) is 7.79. The Morgan fingerprint density at radius 1 is 0.419 bits per heavy atom. The first-order valence-electron chi connectivity index (χ1n) is 31.2. The van der Waals surface area contributed by atoms with Crippen molar-refractivity contribution in [2.24, 2.45) is 5.92 Å². The Morgan fingerprint density at radius 2 is 0.720 bits per heavy atom. The van der Waals surface area contributed by atoms with Gasteiger partial charge in [-0.2, -0.15) is 0 Å². The number of ether oxygens (including phenoxy) is 8. The third-order valence-corrected chi connectivity index (χ3v) is 17.0. The van der Waals surface area contributed by atoms with Gasteiger partial charge in [-0.3, -0.25) is 9.59 Å². The lowest BCUT2D eigenvalue weighted by Gasteiger charge is -2.44. The topological polar surface area (TPSA) is 290 Å². The number of halogens is 3. The summed E-state index contributed by atoms with van der Waals surface area (Å²) in [5, 5.41) is 88.7. The van der Waals surface area contributed by atoms with E-state index in [1.807, 2.05) is 138 Å². The van der Waals surface area contributed by atoms with Crippen LogP contribution in [0.4, 0.5) is 0 Å². The second-order valence-corrected chi connectivity index (χ2v) is 23.9. The van der Waals surface area contributed by atoms with Crippen LogP contribution in [0.3, 0.4) is 0 Å². The summed E-state index contributed by atoms with van der Waals surface area (Å²) < 4.78 is 45.4. The molecule has 6 aromatic carbocycles. The van der Waals surface area contributed by atoms with Gasteiger partial charge in [0, 0.05) is 41.4 Å². The third-order valence-electron chi connectivity index (χ3n) is 15.9. The molecule has 3 saturated heterocycles. The van der Waals surface area contributed by atoms with E-state index in [-0.39, 0.29) is 18.6 Å². The van der Waals surface area contributed by atoms with E-state index in [0.717, 1.165) is 62.6 Å². The van der Waals surface area contributed by atoms with Gasteiger partial charge in [0.15, 0.2) is 6.10 Å². The smallest absolute Gasteiger partial charge is 0.303 e. The molecule has 0 bridgehead atoms. The molecule has 15 atom stereocenters. The SMILES string of the molecule is CCO.CCOc1ccc(Cc2cc([C@@H]3O[C@H](CC)[C@@H](C)[C@H](OC(C)=O)[C@H]3OC(C)=O)ccc2Cl)cc1.CCOc1ccc(Cc2cc([C@@H]3O[C@H](CO)[C@@H](O)[C@H](O)[C@H]3O)ccc2Cl)cc1.CCOc1ccc(Cc2cc([C@@H]3O[C@H](CO)[C@@H](O)[C@H](O)[C@H]3O)ccc2Cl)cc1. The second-order valence-electron chi connectivity index (χ2n) is 22.6. The zero-order chi connectivity index (χ0) is 68.1. The van der Waals surface area contributed by atoms with Crippen LogP contribution in [0.15, 0.2) is 127 Å². The van der Waals surface area contributed by atoms with E-state index in [1.165, 1.54) is 13.8 Å². The van der Waals surface area contributed by atoms with E-state index in [0.29, 0.717) is 65.3 Å². The summed E-state index contributed by atoms with van der Waals surface area (Å²) in [6.45, 7) is 15.3. The molecule has 19 nitrogen and oxygen atoms in total. The van der Waals surface area contributed by atoms with Crippen molar-refractivity contribution in [1.82, 2.24) is 0 Å². The minimum atomic E-state index is -1.42. The molecule has 6 aromatic rings. The van der Waals surface area contributed by atoms with E-state index in [1.54, 1.807) is 31.2 Å². The quantitative estimate of drug-likeness (QED) is 0.0322. The highest BCUT2D eigenvalue weighted by atomic mass is 35.5. The Kier molecular flexibility index (Phi) is 30.6. The van der Waals surface area contributed by atoms with Crippen molar-refractivity contribution in [3.05, 3.63) is 193 Å². The van der Waals surface area contributed by atoms with E-state index < -0.39 is 105 Å². The number of aliphatic hydroxyl groups excluding tert-OH is 9. The minimum absolute atomic E-state index is 0.134. The van der Waals surface area contributed by atoms with Crippen molar-refractivity contribution in [2.75, 3.05) is 39.6 Å². The van der Waals surface area contributed by atoms with Crippen LogP contribution in [-0.2, 0) is 52.5 Å². The number of hydrogen-bond donors (Lipinski definition) is 9. The lowest BCUT2D eigenvalue weighted by Crippen LogP contribution is -2.55. The molecule has 0 saturated carbocycles. The maximum Gasteiger partial charge on any atom is 0.303 e. The molecule has 0 aliphatic carbocycles. The average Bonchev–Trinajstić information content (AvgIpc) is 0.800.